The molecule has 78 valence electrons. The minimum absolute atomic E-state index is 0.199. The lowest BCUT2D eigenvalue weighted by molar-refractivity contribution is 0.335. The van der Waals surface area contributed by atoms with Gasteiger partial charge in [-0.25, -0.2) is 8.42 Å². The van der Waals surface area contributed by atoms with Crippen molar-refractivity contribution >= 4 is 9.84 Å². The molecule has 0 radical (unpaired) electrons. The summed E-state index contributed by atoms with van der Waals surface area (Å²) in [4.78, 5) is 0. The van der Waals surface area contributed by atoms with E-state index >= 15 is 0 Å². The molecule has 1 aliphatic heterocycles. The van der Waals surface area contributed by atoms with E-state index in [0.29, 0.717) is 12.3 Å². The Bertz CT molecular complexity index is 259. The average Bonchev–Trinajstić information content (AvgIpc) is 2.03. The molecule has 0 aromatic carbocycles. The van der Waals surface area contributed by atoms with E-state index in [-0.39, 0.29) is 11.3 Å². The molecule has 5 heteroatoms. The summed E-state index contributed by atoms with van der Waals surface area (Å²) in [5.41, 5.74) is 5.26. The van der Waals surface area contributed by atoms with Gasteiger partial charge in [0.15, 0.2) is 9.84 Å². The van der Waals surface area contributed by atoms with Gasteiger partial charge in [-0.1, -0.05) is 6.92 Å². The Hall–Kier alpha value is -0.130. The molecular weight excluding hydrogens is 188 g/mol. The molecule has 0 amide bonds. The van der Waals surface area contributed by atoms with Crippen LogP contribution in [0.5, 0.6) is 0 Å². The topological polar surface area (TPSA) is 72.2 Å². The zero-order valence-corrected chi connectivity index (χ0v) is 8.86. The first-order valence-corrected chi connectivity index (χ1v) is 6.51. The SMILES string of the molecule is CCNC1(CN)CCCS(=O)(=O)C1. The average molecular weight is 206 g/mol. The molecule has 1 aliphatic rings. The summed E-state index contributed by atoms with van der Waals surface area (Å²) in [6.07, 6.45) is 1.60. The van der Waals surface area contributed by atoms with Crippen molar-refractivity contribution in [3.63, 3.8) is 0 Å². The van der Waals surface area contributed by atoms with Crippen molar-refractivity contribution in [1.29, 1.82) is 0 Å². The standard InChI is InChI=1S/C8H18N2O2S/c1-2-10-8(6-9)4-3-5-13(11,12)7-8/h10H,2-7,9H2,1H3. The monoisotopic (exact) mass is 206 g/mol. The summed E-state index contributed by atoms with van der Waals surface area (Å²) in [5, 5.41) is 3.20. The van der Waals surface area contributed by atoms with Crippen LogP contribution in [-0.2, 0) is 9.84 Å². The molecule has 1 unspecified atom stereocenters. The third-order valence-corrected chi connectivity index (χ3v) is 4.45. The molecule has 4 nitrogen and oxygen atoms in total. The summed E-state index contributed by atoms with van der Waals surface area (Å²) in [5.74, 6) is 0.518. The smallest absolute Gasteiger partial charge is 0.152 e. The van der Waals surface area contributed by atoms with Crippen molar-refractivity contribution in [1.82, 2.24) is 5.32 Å². The van der Waals surface area contributed by atoms with Gasteiger partial charge in [0.2, 0.25) is 0 Å². The summed E-state index contributed by atoms with van der Waals surface area (Å²) in [6, 6.07) is 0. The van der Waals surface area contributed by atoms with Gasteiger partial charge in [0, 0.05) is 12.1 Å². The van der Waals surface area contributed by atoms with Gasteiger partial charge in [0.05, 0.1) is 11.5 Å². The molecule has 1 heterocycles. The van der Waals surface area contributed by atoms with Crippen molar-refractivity contribution in [3.05, 3.63) is 0 Å². The molecule has 1 saturated heterocycles. The van der Waals surface area contributed by atoms with Crippen LogP contribution in [0.2, 0.25) is 0 Å². The number of sulfone groups is 1. The van der Waals surface area contributed by atoms with Crippen molar-refractivity contribution in [2.75, 3.05) is 24.6 Å². The first-order chi connectivity index (χ1) is 6.04. The second kappa shape index (κ2) is 3.94. The van der Waals surface area contributed by atoms with E-state index in [2.05, 4.69) is 5.32 Å². The van der Waals surface area contributed by atoms with Crippen LogP contribution in [0.4, 0.5) is 0 Å². The third kappa shape index (κ3) is 2.65. The van der Waals surface area contributed by atoms with Crippen molar-refractivity contribution in [3.8, 4) is 0 Å². The zero-order valence-electron chi connectivity index (χ0n) is 8.04. The van der Waals surface area contributed by atoms with E-state index in [4.69, 9.17) is 5.73 Å². The molecule has 0 spiro atoms. The fourth-order valence-corrected chi connectivity index (χ4v) is 3.88. The van der Waals surface area contributed by atoms with Gasteiger partial charge < -0.3 is 11.1 Å². The van der Waals surface area contributed by atoms with Crippen LogP contribution < -0.4 is 11.1 Å². The predicted molar refractivity (Wildman–Crippen MR) is 53.3 cm³/mol. The molecule has 13 heavy (non-hydrogen) atoms. The molecule has 0 aromatic rings. The number of rotatable bonds is 3. The third-order valence-electron chi connectivity index (χ3n) is 2.55. The minimum Gasteiger partial charge on any atom is -0.329 e. The van der Waals surface area contributed by atoms with Crippen LogP contribution in [-0.4, -0.2) is 38.6 Å². The van der Waals surface area contributed by atoms with Crippen LogP contribution in [0.3, 0.4) is 0 Å². The Kier molecular flexibility index (Phi) is 3.32. The normalized spacial score (nSPS) is 33.1. The van der Waals surface area contributed by atoms with Crippen LogP contribution in [0.15, 0.2) is 0 Å². The molecule has 3 N–H and O–H groups in total. The van der Waals surface area contributed by atoms with Gasteiger partial charge in [0.25, 0.3) is 0 Å². The highest BCUT2D eigenvalue weighted by atomic mass is 32.2. The Morgan fingerprint density at radius 1 is 1.54 bits per heavy atom. The quantitative estimate of drug-likeness (QED) is 0.653. The first kappa shape index (κ1) is 10.9. The highest BCUT2D eigenvalue weighted by Gasteiger charge is 2.36. The highest BCUT2D eigenvalue weighted by Crippen LogP contribution is 2.21. The Morgan fingerprint density at radius 3 is 2.69 bits per heavy atom. The highest BCUT2D eigenvalue weighted by molar-refractivity contribution is 7.91. The van der Waals surface area contributed by atoms with Crippen LogP contribution >= 0.6 is 0 Å². The maximum atomic E-state index is 11.4. The second-order valence-corrected chi connectivity index (χ2v) is 5.89. The van der Waals surface area contributed by atoms with Crippen molar-refractivity contribution in [2.45, 2.75) is 25.3 Å². The van der Waals surface area contributed by atoms with Gasteiger partial charge in [-0.15, -0.1) is 0 Å². The maximum absolute atomic E-state index is 11.4. The number of nitrogens with one attached hydrogen (secondary N) is 1. The number of hydrogen-bond acceptors (Lipinski definition) is 4. The van der Waals surface area contributed by atoms with Crippen LogP contribution in [0.1, 0.15) is 19.8 Å². The summed E-state index contributed by atoms with van der Waals surface area (Å²) in [7, 11) is -2.87. The van der Waals surface area contributed by atoms with Crippen molar-refractivity contribution in [2.24, 2.45) is 5.73 Å². The lowest BCUT2D eigenvalue weighted by Gasteiger charge is -2.36. The molecule has 0 saturated carbocycles. The first-order valence-electron chi connectivity index (χ1n) is 4.69. The Morgan fingerprint density at radius 2 is 2.23 bits per heavy atom. The molecule has 0 aromatic heterocycles. The predicted octanol–water partition coefficient (Wildman–Crippen LogP) is -0.498. The molecule has 1 fully saturated rings. The maximum Gasteiger partial charge on any atom is 0.152 e. The van der Waals surface area contributed by atoms with E-state index in [0.717, 1.165) is 19.4 Å². The fourth-order valence-electron chi connectivity index (χ4n) is 1.94. The Balaban J connectivity index is 2.76. The zero-order chi connectivity index (χ0) is 9.95. The van der Waals surface area contributed by atoms with Crippen LogP contribution in [0.25, 0.3) is 0 Å². The number of likely N-dealkylation sites (N-methyl/N-ethyl adjacent to an activating group) is 1. The molecule has 1 rings (SSSR count). The molecule has 0 bridgehead atoms. The Labute approximate surface area is 79.8 Å². The van der Waals surface area contributed by atoms with E-state index < -0.39 is 9.84 Å². The fraction of sp³-hybridized carbons (Fsp3) is 1.00. The summed E-state index contributed by atoms with van der Waals surface area (Å²) in [6.45, 7) is 3.14. The largest absolute Gasteiger partial charge is 0.329 e. The van der Waals surface area contributed by atoms with Gasteiger partial charge in [-0.2, -0.15) is 0 Å². The number of nitrogens with two attached hydrogens (primary N) is 1. The number of hydrogen-bond donors (Lipinski definition) is 2. The van der Waals surface area contributed by atoms with Crippen LogP contribution in [0, 0.1) is 0 Å². The van der Waals surface area contributed by atoms with Gasteiger partial charge >= 0.3 is 0 Å². The van der Waals surface area contributed by atoms with E-state index in [1.807, 2.05) is 6.92 Å². The summed E-state index contributed by atoms with van der Waals surface area (Å²) >= 11 is 0. The second-order valence-electron chi connectivity index (χ2n) is 3.71. The minimum atomic E-state index is -2.87. The lowest BCUT2D eigenvalue weighted by atomic mass is 9.95. The van der Waals surface area contributed by atoms with Crippen molar-refractivity contribution < 1.29 is 8.42 Å². The van der Waals surface area contributed by atoms with Gasteiger partial charge in [0.1, 0.15) is 0 Å². The molecular formula is C8H18N2O2S. The van der Waals surface area contributed by atoms with E-state index in [1.165, 1.54) is 0 Å². The van der Waals surface area contributed by atoms with Gasteiger partial charge in [-0.3, -0.25) is 0 Å². The molecule has 1 atom stereocenters. The van der Waals surface area contributed by atoms with Gasteiger partial charge in [-0.05, 0) is 19.4 Å². The van der Waals surface area contributed by atoms with E-state index in [1.54, 1.807) is 0 Å². The lowest BCUT2D eigenvalue weighted by Crippen LogP contribution is -2.58. The molecule has 0 aliphatic carbocycles. The summed E-state index contributed by atoms with van der Waals surface area (Å²) < 4.78 is 22.8. The van der Waals surface area contributed by atoms with E-state index in [9.17, 15) is 8.42 Å².